The number of hydrogen-bond acceptors (Lipinski definition) is 3. The molecule has 0 spiro atoms. The van der Waals surface area contributed by atoms with Gasteiger partial charge >= 0.3 is 0 Å². The quantitative estimate of drug-likeness (QED) is 0.330. The average molecular weight is 442 g/mol. The fourth-order valence-electron chi connectivity index (χ4n) is 3.40. The van der Waals surface area contributed by atoms with E-state index in [1.807, 2.05) is 49.4 Å². The molecule has 4 aromatic rings. The van der Waals surface area contributed by atoms with Crippen LogP contribution in [-0.4, -0.2) is 12.5 Å². The summed E-state index contributed by atoms with van der Waals surface area (Å²) in [6.45, 7) is 2.65. The summed E-state index contributed by atoms with van der Waals surface area (Å²) in [6, 6.07) is 28.9. The van der Waals surface area contributed by atoms with Crippen molar-refractivity contribution in [2.45, 2.75) is 13.5 Å². The Morgan fingerprint density at radius 2 is 1.52 bits per heavy atom. The molecule has 4 nitrogen and oxygen atoms in total. The van der Waals surface area contributed by atoms with Crippen LogP contribution in [0.15, 0.2) is 97.1 Å². The summed E-state index contributed by atoms with van der Waals surface area (Å²) in [5, 5.41) is 2.77. The second kappa shape index (κ2) is 10.5. The summed E-state index contributed by atoms with van der Waals surface area (Å²) in [5.74, 6) is 0.735. The monoisotopic (exact) mass is 441 g/mol. The minimum Gasteiger partial charge on any atom is -0.493 e. The van der Waals surface area contributed by atoms with Gasteiger partial charge in [-0.25, -0.2) is 4.39 Å². The first-order valence-corrected chi connectivity index (χ1v) is 10.7. The van der Waals surface area contributed by atoms with E-state index in [0.29, 0.717) is 23.6 Å². The number of benzene rings is 4. The van der Waals surface area contributed by atoms with E-state index in [4.69, 9.17) is 9.47 Å². The Balaban J connectivity index is 1.47. The topological polar surface area (TPSA) is 47.6 Å². The summed E-state index contributed by atoms with van der Waals surface area (Å²) in [4.78, 5) is 12.7. The maximum atomic E-state index is 13.1. The van der Waals surface area contributed by atoms with Gasteiger partial charge < -0.3 is 14.8 Å². The molecule has 0 aliphatic heterocycles. The van der Waals surface area contributed by atoms with Crippen LogP contribution in [0.5, 0.6) is 11.5 Å². The summed E-state index contributed by atoms with van der Waals surface area (Å²) in [6.07, 6.45) is 0. The molecule has 0 saturated carbocycles. The standard InChI is InChI=1S/C28H24FNO3/c1-2-32-27-17-10-22(28(31)30-25-13-11-24(29)12-14-25)18-23(27)19-33-26-15-8-21(9-16-26)20-6-4-3-5-7-20/h3-18H,2,19H2,1H3,(H,30,31). The van der Waals surface area contributed by atoms with Crippen molar-refractivity contribution in [2.75, 3.05) is 11.9 Å². The van der Waals surface area contributed by atoms with Crippen molar-refractivity contribution in [1.82, 2.24) is 0 Å². The van der Waals surface area contributed by atoms with E-state index in [2.05, 4.69) is 17.4 Å². The zero-order valence-corrected chi connectivity index (χ0v) is 18.3. The van der Waals surface area contributed by atoms with E-state index in [1.165, 1.54) is 24.3 Å². The lowest BCUT2D eigenvalue weighted by Crippen LogP contribution is -2.13. The second-order valence-electron chi connectivity index (χ2n) is 7.40. The lowest BCUT2D eigenvalue weighted by Gasteiger charge is -2.14. The van der Waals surface area contributed by atoms with Crippen molar-refractivity contribution in [3.05, 3.63) is 114 Å². The fraction of sp³-hybridized carbons (Fsp3) is 0.107. The Morgan fingerprint density at radius 1 is 0.818 bits per heavy atom. The summed E-state index contributed by atoms with van der Waals surface area (Å²) >= 11 is 0. The van der Waals surface area contributed by atoms with E-state index in [9.17, 15) is 9.18 Å². The molecule has 0 aromatic heterocycles. The van der Waals surface area contributed by atoms with Crippen LogP contribution in [0.1, 0.15) is 22.8 Å². The molecule has 0 aliphatic rings. The minimum atomic E-state index is -0.356. The van der Waals surface area contributed by atoms with Crippen LogP contribution in [0.3, 0.4) is 0 Å². The number of halogens is 1. The molecule has 0 saturated heterocycles. The Hall–Kier alpha value is -4.12. The SMILES string of the molecule is CCOc1ccc(C(=O)Nc2ccc(F)cc2)cc1COc1ccc(-c2ccccc2)cc1. The first-order chi connectivity index (χ1) is 16.1. The molecule has 0 fully saturated rings. The van der Waals surface area contributed by atoms with Gasteiger partial charge in [0, 0.05) is 16.8 Å². The Kier molecular flexibility index (Phi) is 7.00. The highest BCUT2D eigenvalue weighted by Gasteiger charge is 2.12. The van der Waals surface area contributed by atoms with Crippen molar-refractivity contribution in [2.24, 2.45) is 0 Å². The van der Waals surface area contributed by atoms with Gasteiger partial charge in [0.1, 0.15) is 23.9 Å². The van der Waals surface area contributed by atoms with Crippen LogP contribution in [0.25, 0.3) is 11.1 Å². The van der Waals surface area contributed by atoms with Gasteiger partial charge in [-0.1, -0.05) is 42.5 Å². The first kappa shape index (κ1) is 22.1. The molecular weight excluding hydrogens is 417 g/mol. The Labute approximate surface area is 192 Å². The molecule has 4 rings (SSSR count). The third kappa shape index (κ3) is 5.77. The number of hydrogen-bond donors (Lipinski definition) is 1. The zero-order chi connectivity index (χ0) is 23.0. The third-order valence-corrected chi connectivity index (χ3v) is 5.08. The highest BCUT2D eigenvalue weighted by atomic mass is 19.1. The molecule has 0 atom stereocenters. The molecule has 1 amide bonds. The summed E-state index contributed by atoms with van der Waals surface area (Å²) in [7, 11) is 0. The van der Waals surface area contributed by atoms with Crippen molar-refractivity contribution in [3.8, 4) is 22.6 Å². The smallest absolute Gasteiger partial charge is 0.255 e. The molecule has 4 aromatic carbocycles. The van der Waals surface area contributed by atoms with E-state index in [1.54, 1.807) is 18.2 Å². The number of carbonyl (C=O) groups is 1. The Morgan fingerprint density at radius 3 is 2.21 bits per heavy atom. The molecule has 166 valence electrons. The number of ether oxygens (including phenoxy) is 2. The normalized spacial score (nSPS) is 10.5. The molecule has 0 bridgehead atoms. The largest absolute Gasteiger partial charge is 0.493 e. The molecule has 0 radical (unpaired) electrons. The van der Waals surface area contributed by atoms with Crippen molar-refractivity contribution < 1.29 is 18.7 Å². The lowest BCUT2D eigenvalue weighted by atomic mass is 10.1. The van der Waals surface area contributed by atoms with Crippen LogP contribution >= 0.6 is 0 Å². The maximum Gasteiger partial charge on any atom is 0.255 e. The number of nitrogens with one attached hydrogen (secondary N) is 1. The molecule has 0 aliphatic carbocycles. The molecule has 0 heterocycles. The predicted molar refractivity (Wildman–Crippen MR) is 128 cm³/mol. The number of carbonyl (C=O) groups excluding carboxylic acids is 1. The van der Waals surface area contributed by atoms with Crippen molar-refractivity contribution >= 4 is 11.6 Å². The predicted octanol–water partition coefficient (Wildman–Crippen LogP) is 6.72. The van der Waals surface area contributed by atoms with Gasteiger partial charge in [-0.3, -0.25) is 4.79 Å². The maximum absolute atomic E-state index is 13.1. The van der Waals surface area contributed by atoms with Crippen molar-refractivity contribution in [3.63, 3.8) is 0 Å². The van der Waals surface area contributed by atoms with Crippen LogP contribution in [0, 0.1) is 5.82 Å². The van der Waals surface area contributed by atoms with Gasteiger partial charge in [0.2, 0.25) is 0 Å². The molecule has 0 unspecified atom stereocenters. The average Bonchev–Trinajstić information content (AvgIpc) is 2.86. The van der Waals surface area contributed by atoms with Crippen molar-refractivity contribution in [1.29, 1.82) is 0 Å². The molecule has 1 N–H and O–H groups in total. The highest BCUT2D eigenvalue weighted by molar-refractivity contribution is 6.04. The molecule has 5 heteroatoms. The second-order valence-corrected chi connectivity index (χ2v) is 7.40. The number of anilines is 1. The van der Waals surface area contributed by atoms with E-state index < -0.39 is 0 Å². The Bertz CT molecular complexity index is 1210. The van der Waals surface area contributed by atoms with Gasteiger partial charge in [0.15, 0.2) is 0 Å². The van der Waals surface area contributed by atoms with Gasteiger partial charge in [-0.2, -0.15) is 0 Å². The van der Waals surface area contributed by atoms with Crippen LogP contribution < -0.4 is 14.8 Å². The highest BCUT2D eigenvalue weighted by Crippen LogP contribution is 2.26. The lowest BCUT2D eigenvalue weighted by molar-refractivity contribution is 0.102. The van der Waals surface area contributed by atoms with E-state index in [0.717, 1.165) is 22.4 Å². The van der Waals surface area contributed by atoms with Gasteiger partial charge in [0.25, 0.3) is 5.91 Å². The summed E-state index contributed by atoms with van der Waals surface area (Å²) < 4.78 is 24.8. The van der Waals surface area contributed by atoms with Crippen LogP contribution in [0.2, 0.25) is 0 Å². The minimum absolute atomic E-state index is 0.248. The first-order valence-electron chi connectivity index (χ1n) is 10.7. The number of rotatable bonds is 8. The zero-order valence-electron chi connectivity index (χ0n) is 18.3. The van der Waals surface area contributed by atoms with Gasteiger partial charge in [-0.05, 0) is 72.6 Å². The van der Waals surface area contributed by atoms with E-state index in [-0.39, 0.29) is 18.3 Å². The van der Waals surface area contributed by atoms with Crippen LogP contribution in [0.4, 0.5) is 10.1 Å². The van der Waals surface area contributed by atoms with Crippen LogP contribution in [-0.2, 0) is 6.61 Å². The number of amides is 1. The molecule has 33 heavy (non-hydrogen) atoms. The van der Waals surface area contributed by atoms with Gasteiger partial charge in [0.05, 0.1) is 6.61 Å². The third-order valence-electron chi connectivity index (χ3n) is 5.08. The van der Waals surface area contributed by atoms with Gasteiger partial charge in [-0.15, -0.1) is 0 Å². The fourth-order valence-corrected chi connectivity index (χ4v) is 3.40. The molecular formula is C28H24FNO3. The van der Waals surface area contributed by atoms with E-state index >= 15 is 0 Å². The summed E-state index contributed by atoms with van der Waals surface area (Å²) in [5.41, 5.74) is 3.99.